The molecule has 0 aliphatic heterocycles. The van der Waals surface area contributed by atoms with E-state index in [1.54, 1.807) is 6.92 Å². The van der Waals surface area contributed by atoms with Gasteiger partial charge in [-0.15, -0.1) is 6.42 Å². The third kappa shape index (κ3) is 5.84. The van der Waals surface area contributed by atoms with Crippen LogP contribution in [0.4, 0.5) is 0 Å². The first-order chi connectivity index (χ1) is 8.22. The molecule has 0 unspecified atom stereocenters. The van der Waals surface area contributed by atoms with Crippen LogP contribution in [0.3, 0.4) is 0 Å². The molecule has 0 bridgehead atoms. The van der Waals surface area contributed by atoms with E-state index in [4.69, 9.17) is 11.2 Å². The fraction of sp³-hybridized carbons (Fsp3) is 0.214. The highest BCUT2D eigenvalue weighted by Crippen LogP contribution is 2.13. The third-order valence-electron chi connectivity index (χ3n) is 1.90. The maximum absolute atomic E-state index is 10.7. The first-order valence-corrected chi connectivity index (χ1v) is 6.17. The fourth-order valence-electron chi connectivity index (χ4n) is 1.15. The van der Waals surface area contributed by atoms with Crippen molar-refractivity contribution in [3.63, 3.8) is 0 Å². The van der Waals surface area contributed by atoms with Gasteiger partial charge in [0.1, 0.15) is 12.4 Å². The van der Waals surface area contributed by atoms with Gasteiger partial charge < -0.3 is 4.74 Å². The summed E-state index contributed by atoms with van der Waals surface area (Å²) < 4.78 is 5.26. The molecule has 0 atom stereocenters. The van der Waals surface area contributed by atoms with Crippen molar-refractivity contribution in [1.82, 2.24) is 0 Å². The monoisotopic (exact) mass is 246 g/mol. The van der Waals surface area contributed by atoms with Crippen LogP contribution in [-0.4, -0.2) is 17.5 Å². The van der Waals surface area contributed by atoms with Crippen molar-refractivity contribution in [3.05, 3.63) is 35.9 Å². The van der Waals surface area contributed by atoms with E-state index in [0.717, 1.165) is 11.3 Å². The summed E-state index contributed by atoms with van der Waals surface area (Å²) in [6, 6.07) is 7.63. The zero-order valence-electron chi connectivity index (χ0n) is 9.68. The molecule has 0 saturated carbocycles. The molecule has 1 aromatic carbocycles. The number of thioether (sulfide) groups is 1. The lowest BCUT2D eigenvalue weighted by molar-refractivity contribution is -0.109. The topological polar surface area (TPSA) is 26.3 Å². The Labute approximate surface area is 106 Å². The van der Waals surface area contributed by atoms with Crippen molar-refractivity contribution < 1.29 is 9.53 Å². The van der Waals surface area contributed by atoms with E-state index < -0.39 is 0 Å². The molecule has 1 aromatic rings. The lowest BCUT2D eigenvalue weighted by Crippen LogP contribution is -1.92. The van der Waals surface area contributed by atoms with Gasteiger partial charge in [-0.2, -0.15) is 0 Å². The second-order valence-corrected chi connectivity index (χ2v) is 4.46. The Kier molecular flexibility index (Phi) is 5.98. The van der Waals surface area contributed by atoms with Crippen LogP contribution >= 0.6 is 11.8 Å². The van der Waals surface area contributed by atoms with E-state index in [1.807, 2.05) is 36.4 Å². The summed E-state index contributed by atoms with van der Waals surface area (Å²) in [4.78, 5) is 10.7. The number of hydrogen-bond acceptors (Lipinski definition) is 3. The average Bonchev–Trinajstić information content (AvgIpc) is 2.33. The summed E-state index contributed by atoms with van der Waals surface area (Å²) in [5.74, 6) is 3.87. The molecule has 0 aromatic heterocycles. The lowest BCUT2D eigenvalue weighted by atomic mass is 10.2. The van der Waals surface area contributed by atoms with E-state index in [1.165, 1.54) is 11.8 Å². The van der Waals surface area contributed by atoms with Crippen molar-refractivity contribution >= 4 is 23.0 Å². The highest BCUT2D eigenvalue weighted by Gasteiger charge is 1.92. The number of ether oxygens (including phenoxy) is 1. The minimum atomic E-state index is 0.132. The van der Waals surface area contributed by atoms with Gasteiger partial charge in [0, 0.05) is 12.7 Å². The van der Waals surface area contributed by atoms with Crippen LogP contribution in [0.1, 0.15) is 12.5 Å². The Morgan fingerprint density at radius 2 is 2.18 bits per heavy atom. The first kappa shape index (κ1) is 13.4. The van der Waals surface area contributed by atoms with Gasteiger partial charge in [0.25, 0.3) is 0 Å². The molecule has 0 fully saturated rings. The van der Waals surface area contributed by atoms with Crippen LogP contribution in [-0.2, 0) is 4.79 Å². The summed E-state index contributed by atoms with van der Waals surface area (Å²) in [5.41, 5.74) is 1.07. The maximum atomic E-state index is 10.7. The molecular weight excluding hydrogens is 232 g/mol. The highest BCUT2D eigenvalue weighted by atomic mass is 32.2. The maximum Gasteiger partial charge on any atom is 0.186 e. The SMILES string of the molecule is C#CCOc1ccc(C=CCSC(C)=O)cc1. The number of hydrogen-bond donors (Lipinski definition) is 0. The molecule has 17 heavy (non-hydrogen) atoms. The predicted octanol–water partition coefficient (Wildman–Crippen LogP) is 2.99. The second-order valence-electron chi connectivity index (χ2n) is 3.27. The predicted molar refractivity (Wildman–Crippen MR) is 72.9 cm³/mol. The molecule has 0 amide bonds. The lowest BCUT2D eigenvalue weighted by Gasteiger charge is -2.01. The van der Waals surface area contributed by atoms with Gasteiger partial charge in [0.15, 0.2) is 5.12 Å². The number of benzene rings is 1. The molecule has 0 aliphatic carbocycles. The van der Waals surface area contributed by atoms with Gasteiger partial charge in [0.05, 0.1) is 0 Å². The smallest absolute Gasteiger partial charge is 0.186 e. The molecule has 0 saturated heterocycles. The van der Waals surface area contributed by atoms with E-state index in [9.17, 15) is 4.79 Å². The van der Waals surface area contributed by atoms with Crippen molar-refractivity contribution in [2.75, 3.05) is 12.4 Å². The van der Waals surface area contributed by atoms with Crippen LogP contribution in [0.5, 0.6) is 5.75 Å². The van der Waals surface area contributed by atoms with Gasteiger partial charge in [-0.1, -0.05) is 42.0 Å². The Hall–Kier alpha value is -1.66. The van der Waals surface area contributed by atoms with E-state index in [0.29, 0.717) is 5.75 Å². The quantitative estimate of drug-likeness (QED) is 0.747. The summed E-state index contributed by atoms with van der Waals surface area (Å²) in [7, 11) is 0. The molecule has 2 nitrogen and oxygen atoms in total. The second kappa shape index (κ2) is 7.59. The standard InChI is InChI=1S/C14H14O2S/c1-3-10-16-14-8-6-13(7-9-14)5-4-11-17-12(2)15/h1,4-9H,10-11H2,2H3. The average molecular weight is 246 g/mol. The van der Waals surface area contributed by atoms with E-state index in [-0.39, 0.29) is 11.7 Å². The van der Waals surface area contributed by atoms with Gasteiger partial charge in [-0.05, 0) is 17.7 Å². The third-order valence-corrected chi connectivity index (χ3v) is 2.66. The number of rotatable bonds is 5. The van der Waals surface area contributed by atoms with Crippen LogP contribution in [0.2, 0.25) is 0 Å². The van der Waals surface area contributed by atoms with Crippen LogP contribution < -0.4 is 4.74 Å². The fourth-order valence-corrected chi connectivity index (χ4v) is 1.58. The summed E-state index contributed by atoms with van der Waals surface area (Å²) in [5, 5.41) is 0.132. The molecule has 88 valence electrons. The van der Waals surface area contributed by atoms with Gasteiger partial charge in [0.2, 0.25) is 0 Å². The summed E-state index contributed by atoms with van der Waals surface area (Å²) >= 11 is 1.29. The molecule has 0 heterocycles. The zero-order chi connectivity index (χ0) is 12.5. The van der Waals surface area contributed by atoms with Gasteiger partial charge >= 0.3 is 0 Å². The van der Waals surface area contributed by atoms with Crippen LogP contribution in [0, 0.1) is 12.3 Å². The molecule has 0 aliphatic rings. The molecule has 1 rings (SSSR count). The van der Waals surface area contributed by atoms with E-state index in [2.05, 4.69) is 5.92 Å². The van der Waals surface area contributed by atoms with Crippen LogP contribution in [0.15, 0.2) is 30.3 Å². The molecular formula is C14H14O2S. The minimum Gasteiger partial charge on any atom is -0.481 e. The van der Waals surface area contributed by atoms with Gasteiger partial charge in [-0.25, -0.2) is 0 Å². The summed E-state index contributed by atoms with van der Waals surface area (Å²) in [6.45, 7) is 1.85. The highest BCUT2D eigenvalue weighted by molar-refractivity contribution is 8.13. The van der Waals surface area contributed by atoms with Crippen molar-refractivity contribution in [1.29, 1.82) is 0 Å². The Morgan fingerprint density at radius 3 is 2.76 bits per heavy atom. The van der Waals surface area contributed by atoms with Crippen molar-refractivity contribution in [2.24, 2.45) is 0 Å². The largest absolute Gasteiger partial charge is 0.481 e. The van der Waals surface area contributed by atoms with E-state index >= 15 is 0 Å². The number of carbonyl (C=O) groups excluding carboxylic acids is 1. The normalized spacial score (nSPS) is 10.1. The van der Waals surface area contributed by atoms with Gasteiger partial charge in [-0.3, -0.25) is 4.79 Å². The Morgan fingerprint density at radius 1 is 1.47 bits per heavy atom. The first-order valence-electron chi connectivity index (χ1n) is 5.18. The Balaban J connectivity index is 2.45. The zero-order valence-corrected chi connectivity index (χ0v) is 10.5. The molecule has 0 radical (unpaired) electrons. The van der Waals surface area contributed by atoms with Crippen molar-refractivity contribution in [2.45, 2.75) is 6.92 Å². The molecule has 0 N–H and O–H groups in total. The Bertz CT molecular complexity index is 427. The van der Waals surface area contributed by atoms with Crippen LogP contribution in [0.25, 0.3) is 6.08 Å². The van der Waals surface area contributed by atoms with Crippen molar-refractivity contribution in [3.8, 4) is 18.1 Å². The number of terminal acetylenes is 1. The molecule has 0 spiro atoms. The molecule has 3 heteroatoms. The minimum absolute atomic E-state index is 0.132. The number of carbonyl (C=O) groups is 1. The summed E-state index contributed by atoms with van der Waals surface area (Å²) in [6.07, 6.45) is 9.03.